The van der Waals surface area contributed by atoms with Gasteiger partial charge in [0.1, 0.15) is 0 Å². The van der Waals surface area contributed by atoms with Gasteiger partial charge in [-0.25, -0.2) is 0 Å². The van der Waals surface area contributed by atoms with Crippen LogP contribution < -0.4 is 0 Å². The predicted octanol–water partition coefficient (Wildman–Crippen LogP) is 2.53. The molecule has 0 bridgehead atoms. The van der Waals surface area contributed by atoms with Crippen LogP contribution in [0.5, 0.6) is 0 Å². The molecule has 19 heavy (non-hydrogen) atoms. The van der Waals surface area contributed by atoms with Crippen molar-refractivity contribution >= 4 is 11.9 Å². The Morgan fingerprint density at radius 2 is 1.89 bits per heavy atom. The number of carbonyl (C=O) groups is 2. The lowest BCUT2D eigenvalue weighted by Crippen LogP contribution is -2.39. The Balaban J connectivity index is 1.97. The fourth-order valence-corrected chi connectivity index (χ4v) is 3.44. The Hall–Kier alpha value is -1.06. The zero-order valence-electron chi connectivity index (χ0n) is 12.0. The van der Waals surface area contributed by atoms with E-state index in [-0.39, 0.29) is 11.8 Å². The number of hydrogen-bond acceptors (Lipinski definition) is 2. The van der Waals surface area contributed by atoms with Crippen LogP contribution in [0.4, 0.5) is 0 Å². The van der Waals surface area contributed by atoms with E-state index >= 15 is 0 Å². The first-order chi connectivity index (χ1) is 8.98. The maximum atomic E-state index is 12.5. The van der Waals surface area contributed by atoms with Crippen molar-refractivity contribution in [3.05, 3.63) is 0 Å². The molecule has 2 aliphatic rings. The summed E-state index contributed by atoms with van der Waals surface area (Å²) < 4.78 is 0. The number of hydrogen-bond donors (Lipinski definition) is 1. The molecule has 2 rings (SSSR count). The van der Waals surface area contributed by atoms with Crippen molar-refractivity contribution in [3.63, 3.8) is 0 Å². The second-order valence-corrected chi connectivity index (χ2v) is 6.41. The van der Waals surface area contributed by atoms with E-state index < -0.39 is 11.4 Å². The number of carbonyl (C=O) groups excluding carboxylic acids is 1. The first kappa shape index (κ1) is 14.4. The van der Waals surface area contributed by atoms with Gasteiger partial charge >= 0.3 is 5.97 Å². The Morgan fingerprint density at radius 3 is 2.37 bits per heavy atom. The minimum Gasteiger partial charge on any atom is -0.481 e. The second kappa shape index (κ2) is 5.51. The average Bonchev–Trinajstić information content (AvgIpc) is 2.84. The van der Waals surface area contributed by atoms with E-state index in [1.54, 1.807) is 4.90 Å². The molecule has 0 aromatic rings. The van der Waals surface area contributed by atoms with Crippen LogP contribution in [0.1, 0.15) is 52.4 Å². The Bertz CT molecular complexity index is 360. The molecule has 0 aromatic heterocycles. The Kier molecular flexibility index (Phi) is 4.16. The molecule has 1 saturated carbocycles. The number of aliphatic carboxylic acids is 1. The summed E-state index contributed by atoms with van der Waals surface area (Å²) in [6, 6.07) is 0. The van der Waals surface area contributed by atoms with Crippen molar-refractivity contribution < 1.29 is 14.7 Å². The lowest BCUT2D eigenvalue weighted by atomic mass is 9.82. The van der Waals surface area contributed by atoms with Gasteiger partial charge in [0.2, 0.25) is 5.91 Å². The van der Waals surface area contributed by atoms with E-state index in [4.69, 9.17) is 0 Å². The summed E-state index contributed by atoms with van der Waals surface area (Å²) in [4.78, 5) is 25.7. The van der Waals surface area contributed by atoms with E-state index in [0.717, 1.165) is 31.6 Å². The molecule has 0 aromatic carbocycles. The highest BCUT2D eigenvalue weighted by molar-refractivity contribution is 5.82. The normalized spacial score (nSPS) is 35.4. The monoisotopic (exact) mass is 267 g/mol. The van der Waals surface area contributed by atoms with Crippen LogP contribution in [-0.4, -0.2) is 35.0 Å². The lowest BCUT2D eigenvalue weighted by molar-refractivity contribution is -0.149. The molecule has 2 fully saturated rings. The first-order valence-corrected chi connectivity index (χ1v) is 7.50. The van der Waals surface area contributed by atoms with Crippen molar-refractivity contribution in [2.24, 2.45) is 17.3 Å². The number of rotatable bonds is 3. The van der Waals surface area contributed by atoms with Crippen LogP contribution in [0.2, 0.25) is 0 Å². The van der Waals surface area contributed by atoms with Gasteiger partial charge in [0, 0.05) is 19.0 Å². The molecule has 1 heterocycles. The zero-order valence-corrected chi connectivity index (χ0v) is 12.0. The third-order valence-corrected chi connectivity index (χ3v) is 5.16. The summed E-state index contributed by atoms with van der Waals surface area (Å²) in [6.45, 7) is 5.17. The highest BCUT2D eigenvalue weighted by Crippen LogP contribution is 2.37. The molecule has 108 valence electrons. The quantitative estimate of drug-likeness (QED) is 0.855. The minimum absolute atomic E-state index is 0.137. The van der Waals surface area contributed by atoms with E-state index in [2.05, 4.69) is 6.92 Å². The molecule has 1 aliphatic carbocycles. The summed E-state index contributed by atoms with van der Waals surface area (Å²) in [5.41, 5.74) is -0.697. The van der Waals surface area contributed by atoms with Crippen LogP contribution in [0.3, 0.4) is 0 Å². The van der Waals surface area contributed by atoms with Gasteiger partial charge in [-0.05, 0) is 44.4 Å². The molecule has 1 amide bonds. The molecular formula is C15H25NO3. The number of amides is 1. The van der Waals surface area contributed by atoms with Crippen molar-refractivity contribution in [2.45, 2.75) is 52.4 Å². The standard InChI is InChI=1S/C15H25NO3/c1-3-15(14(18)19)8-9-16(10-15)13(17)12-6-4-11(2)5-7-12/h11-12H,3-10H2,1-2H3,(H,18,19). The van der Waals surface area contributed by atoms with Gasteiger partial charge in [-0.1, -0.05) is 13.8 Å². The topological polar surface area (TPSA) is 57.6 Å². The van der Waals surface area contributed by atoms with Gasteiger partial charge in [-0.3, -0.25) is 9.59 Å². The van der Waals surface area contributed by atoms with Crippen LogP contribution >= 0.6 is 0 Å². The lowest BCUT2D eigenvalue weighted by Gasteiger charge is -2.30. The van der Waals surface area contributed by atoms with Crippen LogP contribution in [0.25, 0.3) is 0 Å². The summed E-state index contributed by atoms with van der Waals surface area (Å²) in [5, 5.41) is 9.37. The molecule has 0 radical (unpaired) electrons. The van der Waals surface area contributed by atoms with Gasteiger partial charge < -0.3 is 10.0 Å². The molecule has 0 spiro atoms. The Morgan fingerprint density at radius 1 is 1.26 bits per heavy atom. The summed E-state index contributed by atoms with van der Waals surface area (Å²) in [5.74, 6) is 0.320. The van der Waals surface area contributed by atoms with Crippen LogP contribution in [0, 0.1) is 17.3 Å². The molecule has 1 atom stereocenters. The van der Waals surface area contributed by atoms with Gasteiger partial charge in [-0.15, -0.1) is 0 Å². The summed E-state index contributed by atoms with van der Waals surface area (Å²) in [6.07, 6.45) is 5.41. The molecule has 1 N–H and O–H groups in total. The van der Waals surface area contributed by atoms with Gasteiger partial charge in [0.25, 0.3) is 0 Å². The van der Waals surface area contributed by atoms with Crippen molar-refractivity contribution in [1.29, 1.82) is 0 Å². The van der Waals surface area contributed by atoms with Gasteiger partial charge in [0.15, 0.2) is 0 Å². The third kappa shape index (κ3) is 2.77. The van der Waals surface area contributed by atoms with Crippen molar-refractivity contribution in [3.8, 4) is 0 Å². The summed E-state index contributed by atoms with van der Waals surface area (Å²) in [7, 11) is 0. The summed E-state index contributed by atoms with van der Waals surface area (Å²) >= 11 is 0. The van der Waals surface area contributed by atoms with Crippen LogP contribution in [0.15, 0.2) is 0 Å². The largest absolute Gasteiger partial charge is 0.481 e. The predicted molar refractivity (Wildman–Crippen MR) is 72.7 cm³/mol. The van der Waals surface area contributed by atoms with Crippen LogP contribution in [-0.2, 0) is 9.59 Å². The molecule has 4 heteroatoms. The van der Waals surface area contributed by atoms with E-state index in [1.165, 1.54) is 0 Å². The molecular weight excluding hydrogens is 242 g/mol. The van der Waals surface area contributed by atoms with E-state index in [9.17, 15) is 14.7 Å². The molecule has 1 aliphatic heterocycles. The highest BCUT2D eigenvalue weighted by Gasteiger charge is 2.45. The third-order valence-electron chi connectivity index (χ3n) is 5.16. The molecule has 1 saturated heterocycles. The fraction of sp³-hybridized carbons (Fsp3) is 0.867. The first-order valence-electron chi connectivity index (χ1n) is 7.50. The number of likely N-dealkylation sites (tertiary alicyclic amines) is 1. The zero-order chi connectivity index (χ0) is 14.0. The van der Waals surface area contributed by atoms with E-state index in [0.29, 0.717) is 25.9 Å². The Labute approximate surface area is 115 Å². The minimum atomic E-state index is -0.748. The van der Waals surface area contributed by atoms with Crippen molar-refractivity contribution in [2.75, 3.05) is 13.1 Å². The van der Waals surface area contributed by atoms with Crippen molar-refractivity contribution in [1.82, 2.24) is 4.90 Å². The SMILES string of the molecule is CCC1(C(=O)O)CCN(C(=O)C2CCC(C)CC2)C1. The molecule has 4 nitrogen and oxygen atoms in total. The van der Waals surface area contributed by atoms with Gasteiger partial charge in [-0.2, -0.15) is 0 Å². The number of carboxylic acids is 1. The average molecular weight is 267 g/mol. The molecule has 1 unspecified atom stereocenters. The number of carboxylic acid groups (broad SMARTS) is 1. The smallest absolute Gasteiger partial charge is 0.311 e. The van der Waals surface area contributed by atoms with Gasteiger partial charge in [0.05, 0.1) is 5.41 Å². The maximum Gasteiger partial charge on any atom is 0.311 e. The van der Waals surface area contributed by atoms with E-state index in [1.807, 2.05) is 6.92 Å². The number of nitrogens with zero attached hydrogens (tertiary/aromatic N) is 1. The fourth-order valence-electron chi connectivity index (χ4n) is 3.44. The highest BCUT2D eigenvalue weighted by atomic mass is 16.4. The second-order valence-electron chi connectivity index (χ2n) is 6.41. The maximum absolute atomic E-state index is 12.5.